The molecular formula is C18H16ClN3O3. The summed E-state index contributed by atoms with van der Waals surface area (Å²) in [6.45, 7) is 2.51. The number of aromatic nitrogens is 2. The molecule has 2 aromatic heterocycles. The lowest BCUT2D eigenvalue weighted by Crippen LogP contribution is -2.30. The van der Waals surface area contributed by atoms with Crippen LogP contribution in [0.1, 0.15) is 40.8 Å². The van der Waals surface area contributed by atoms with Gasteiger partial charge in [0, 0.05) is 29.3 Å². The van der Waals surface area contributed by atoms with Gasteiger partial charge in [-0.2, -0.15) is 0 Å². The fourth-order valence-corrected chi connectivity index (χ4v) is 3.26. The Morgan fingerprint density at radius 3 is 2.72 bits per heavy atom. The molecule has 1 fully saturated rings. The molecule has 25 heavy (non-hydrogen) atoms. The summed E-state index contributed by atoms with van der Waals surface area (Å²) in [5.41, 5.74) is 1.89. The maximum atomic E-state index is 12.9. The van der Waals surface area contributed by atoms with E-state index in [1.54, 1.807) is 23.1 Å². The number of hydrogen-bond donors (Lipinski definition) is 0. The number of carbonyl (C=O) groups is 1. The Morgan fingerprint density at radius 1 is 1.20 bits per heavy atom. The Balaban J connectivity index is 1.57. The molecular weight excluding hydrogens is 342 g/mol. The zero-order valence-corrected chi connectivity index (χ0v) is 14.4. The quantitative estimate of drug-likeness (QED) is 0.700. The summed E-state index contributed by atoms with van der Waals surface area (Å²) >= 11 is 5.90. The van der Waals surface area contributed by atoms with Crippen LogP contribution in [0, 0.1) is 6.92 Å². The van der Waals surface area contributed by atoms with Gasteiger partial charge in [-0.25, -0.2) is 0 Å². The highest BCUT2D eigenvalue weighted by Crippen LogP contribution is 2.33. The monoisotopic (exact) mass is 357 g/mol. The Morgan fingerprint density at radius 2 is 2.00 bits per heavy atom. The van der Waals surface area contributed by atoms with Crippen LogP contribution in [0.2, 0.25) is 5.02 Å². The van der Waals surface area contributed by atoms with Crippen LogP contribution in [-0.4, -0.2) is 27.7 Å². The summed E-state index contributed by atoms with van der Waals surface area (Å²) in [4.78, 5) is 14.6. The second-order valence-electron chi connectivity index (χ2n) is 6.10. The van der Waals surface area contributed by atoms with Crippen molar-refractivity contribution in [2.75, 3.05) is 6.54 Å². The summed E-state index contributed by atoms with van der Waals surface area (Å²) in [6.07, 6.45) is 1.78. The molecule has 1 atom stereocenters. The minimum absolute atomic E-state index is 0.0827. The molecule has 1 aromatic carbocycles. The highest BCUT2D eigenvalue weighted by molar-refractivity contribution is 6.30. The summed E-state index contributed by atoms with van der Waals surface area (Å²) in [7, 11) is 0. The van der Waals surface area contributed by atoms with Gasteiger partial charge in [-0.15, -0.1) is 0 Å². The number of rotatable bonds is 3. The third-order valence-corrected chi connectivity index (χ3v) is 4.61. The van der Waals surface area contributed by atoms with E-state index < -0.39 is 0 Å². The van der Waals surface area contributed by atoms with Crippen molar-refractivity contribution in [1.29, 1.82) is 0 Å². The van der Waals surface area contributed by atoms with Crippen LogP contribution in [0.3, 0.4) is 0 Å². The zero-order chi connectivity index (χ0) is 17.4. The summed E-state index contributed by atoms with van der Waals surface area (Å²) in [5, 5.41) is 8.65. The first-order chi connectivity index (χ1) is 12.1. The minimum atomic E-state index is -0.160. The fourth-order valence-electron chi connectivity index (χ4n) is 3.13. The molecule has 6 nitrogen and oxygen atoms in total. The molecule has 0 radical (unpaired) electrons. The van der Waals surface area contributed by atoms with E-state index in [9.17, 15) is 4.79 Å². The van der Waals surface area contributed by atoms with Gasteiger partial charge in [-0.05, 0) is 44.0 Å². The van der Waals surface area contributed by atoms with Crippen LogP contribution in [0.25, 0.3) is 11.3 Å². The standard InChI is InChI=1S/C18H16ClN3O3/c1-11-9-14(20-24-11)16-3-2-8-22(16)18(23)15-10-17(25-21-15)12-4-6-13(19)7-5-12/h4-7,9-10,16H,2-3,8H2,1H3. The second kappa shape index (κ2) is 6.37. The maximum Gasteiger partial charge on any atom is 0.276 e. The van der Waals surface area contributed by atoms with Gasteiger partial charge in [0.2, 0.25) is 0 Å². The Hall–Kier alpha value is -2.60. The van der Waals surface area contributed by atoms with Crippen LogP contribution < -0.4 is 0 Å². The molecule has 128 valence electrons. The highest BCUT2D eigenvalue weighted by Gasteiger charge is 2.34. The van der Waals surface area contributed by atoms with Crippen LogP contribution in [0.4, 0.5) is 0 Å². The number of aryl methyl sites for hydroxylation is 1. The topological polar surface area (TPSA) is 72.4 Å². The molecule has 0 bridgehead atoms. The Kier molecular flexibility index (Phi) is 4.05. The van der Waals surface area contributed by atoms with Gasteiger partial charge in [0.05, 0.1) is 6.04 Å². The summed E-state index contributed by atoms with van der Waals surface area (Å²) < 4.78 is 10.5. The summed E-state index contributed by atoms with van der Waals surface area (Å²) in [6, 6.07) is 10.6. The number of halogens is 1. The van der Waals surface area contributed by atoms with E-state index in [2.05, 4.69) is 10.3 Å². The van der Waals surface area contributed by atoms with Crippen molar-refractivity contribution in [2.24, 2.45) is 0 Å². The van der Waals surface area contributed by atoms with Crippen LogP contribution in [-0.2, 0) is 0 Å². The first kappa shape index (κ1) is 15.9. The van der Waals surface area contributed by atoms with Crippen molar-refractivity contribution < 1.29 is 13.8 Å². The third kappa shape index (κ3) is 3.05. The molecule has 0 N–H and O–H groups in total. The average molecular weight is 358 g/mol. The number of benzene rings is 1. The van der Waals surface area contributed by atoms with E-state index in [0.717, 1.165) is 29.9 Å². The lowest BCUT2D eigenvalue weighted by molar-refractivity contribution is 0.0720. The van der Waals surface area contributed by atoms with E-state index >= 15 is 0 Å². The Bertz CT molecular complexity index is 900. The van der Waals surface area contributed by atoms with Crippen molar-refractivity contribution >= 4 is 17.5 Å². The van der Waals surface area contributed by atoms with Crippen molar-refractivity contribution in [3.8, 4) is 11.3 Å². The number of likely N-dealkylation sites (tertiary alicyclic amines) is 1. The molecule has 1 amide bonds. The van der Waals surface area contributed by atoms with Crippen LogP contribution >= 0.6 is 11.6 Å². The molecule has 1 saturated heterocycles. The van der Waals surface area contributed by atoms with Gasteiger partial charge in [0.15, 0.2) is 11.5 Å². The maximum absolute atomic E-state index is 12.9. The predicted octanol–water partition coefficient (Wildman–Crippen LogP) is 4.27. The largest absolute Gasteiger partial charge is 0.361 e. The predicted molar refractivity (Wildman–Crippen MR) is 91.2 cm³/mol. The first-order valence-electron chi connectivity index (χ1n) is 8.08. The van der Waals surface area contributed by atoms with E-state index in [0.29, 0.717) is 17.3 Å². The fraction of sp³-hybridized carbons (Fsp3) is 0.278. The van der Waals surface area contributed by atoms with E-state index in [4.69, 9.17) is 20.6 Å². The molecule has 0 aliphatic carbocycles. The number of carbonyl (C=O) groups excluding carboxylic acids is 1. The van der Waals surface area contributed by atoms with Gasteiger partial charge in [-0.1, -0.05) is 21.9 Å². The average Bonchev–Trinajstić information content (AvgIpc) is 3.35. The van der Waals surface area contributed by atoms with Crippen molar-refractivity contribution in [3.63, 3.8) is 0 Å². The molecule has 0 saturated carbocycles. The van der Waals surface area contributed by atoms with Crippen molar-refractivity contribution in [3.05, 3.63) is 58.6 Å². The normalized spacial score (nSPS) is 17.2. The highest BCUT2D eigenvalue weighted by atomic mass is 35.5. The SMILES string of the molecule is Cc1cc(C2CCCN2C(=O)c2cc(-c3ccc(Cl)cc3)on2)no1. The van der Waals surface area contributed by atoms with E-state index in [1.807, 2.05) is 25.1 Å². The molecule has 7 heteroatoms. The summed E-state index contributed by atoms with van der Waals surface area (Å²) in [5.74, 6) is 1.11. The van der Waals surface area contributed by atoms with Gasteiger partial charge in [0.1, 0.15) is 11.5 Å². The number of amides is 1. The lowest BCUT2D eigenvalue weighted by Gasteiger charge is -2.21. The molecule has 0 spiro atoms. The lowest BCUT2D eigenvalue weighted by atomic mass is 10.1. The molecule has 3 heterocycles. The smallest absolute Gasteiger partial charge is 0.276 e. The first-order valence-corrected chi connectivity index (χ1v) is 8.46. The van der Waals surface area contributed by atoms with E-state index in [-0.39, 0.29) is 17.6 Å². The van der Waals surface area contributed by atoms with Gasteiger partial charge >= 0.3 is 0 Å². The van der Waals surface area contributed by atoms with Crippen LogP contribution in [0.15, 0.2) is 45.4 Å². The van der Waals surface area contributed by atoms with Crippen LogP contribution in [0.5, 0.6) is 0 Å². The van der Waals surface area contributed by atoms with Crippen molar-refractivity contribution in [1.82, 2.24) is 15.2 Å². The zero-order valence-electron chi connectivity index (χ0n) is 13.6. The third-order valence-electron chi connectivity index (χ3n) is 4.36. The minimum Gasteiger partial charge on any atom is -0.361 e. The number of hydrogen-bond acceptors (Lipinski definition) is 5. The van der Waals surface area contributed by atoms with Crippen molar-refractivity contribution in [2.45, 2.75) is 25.8 Å². The number of nitrogens with zero attached hydrogens (tertiary/aromatic N) is 3. The van der Waals surface area contributed by atoms with Gasteiger partial charge in [-0.3, -0.25) is 4.79 Å². The second-order valence-corrected chi connectivity index (χ2v) is 6.54. The van der Waals surface area contributed by atoms with Gasteiger partial charge in [0.25, 0.3) is 5.91 Å². The van der Waals surface area contributed by atoms with E-state index in [1.165, 1.54) is 0 Å². The van der Waals surface area contributed by atoms with Gasteiger partial charge < -0.3 is 13.9 Å². The molecule has 3 aromatic rings. The Labute approximate surface area is 149 Å². The molecule has 1 unspecified atom stereocenters. The molecule has 1 aliphatic heterocycles. The molecule has 1 aliphatic rings. The molecule has 4 rings (SSSR count).